The van der Waals surface area contributed by atoms with Crippen LogP contribution in [0.2, 0.25) is 0 Å². The van der Waals surface area contributed by atoms with Crippen LogP contribution in [-0.2, 0) is 4.79 Å². The third-order valence-corrected chi connectivity index (χ3v) is 2.89. The Bertz CT molecular complexity index is 231. The fraction of sp³-hybridized carbons (Fsp3) is 0.786. The van der Waals surface area contributed by atoms with Gasteiger partial charge in [-0.05, 0) is 32.6 Å². The summed E-state index contributed by atoms with van der Waals surface area (Å²) in [6.07, 6.45) is 4.45. The van der Waals surface area contributed by atoms with Crippen LogP contribution in [-0.4, -0.2) is 22.9 Å². The van der Waals surface area contributed by atoms with Crippen molar-refractivity contribution in [2.24, 2.45) is 5.92 Å². The third kappa shape index (κ3) is 4.82. The van der Waals surface area contributed by atoms with Crippen molar-refractivity contribution in [2.45, 2.75) is 59.4 Å². The number of hydrogen-bond donors (Lipinski definition) is 0. The second-order valence-corrected chi connectivity index (χ2v) is 5.34. The average molecular weight is 225 g/mol. The minimum Gasteiger partial charge on any atom is -0.334 e. The Morgan fingerprint density at radius 3 is 2.38 bits per heavy atom. The van der Waals surface area contributed by atoms with Crippen LogP contribution in [0.5, 0.6) is 0 Å². The molecule has 0 aromatic heterocycles. The van der Waals surface area contributed by atoms with Gasteiger partial charge in [-0.3, -0.25) is 4.79 Å². The van der Waals surface area contributed by atoms with Crippen LogP contribution in [0.25, 0.3) is 0 Å². The molecule has 0 aliphatic carbocycles. The zero-order valence-electron chi connectivity index (χ0n) is 11.5. The van der Waals surface area contributed by atoms with Gasteiger partial charge < -0.3 is 4.90 Å². The van der Waals surface area contributed by atoms with Gasteiger partial charge in [0.25, 0.3) is 0 Å². The number of rotatable bonds is 7. The Labute approximate surface area is 101 Å². The lowest BCUT2D eigenvalue weighted by Crippen LogP contribution is -2.47. The SMILES string of the molecule is C=CC(C)(C)N(CCC(C)C)C(=O)CCC. The second-order valence-electron chi connectivity index (χ2n) is 5.34. The predicted octanol–water partition coefficient (Wildman–Crippen LogP) is 3.63. The van der Waals surface area contributed by atoms with Gasteiger partial charge in [0.15, 0.2) is 0 Å². The Kier molecular flexibility index (Phi) is 6.39. The molecule has 0 saturated carbocycles. The standard InChI is InChI=1S/C14H27NO/c1-7-9-13(16)15(11-10-12(3)4)14(5,6)8-2/h8,12H,2,7,9-11H2,1,3-6H3. The molecular formula is C14H27NO. The predicted molar refractivity (Wildman–Crippen MR) is 70.4 cm³/mol. The van der Waals surface area contributed by atoms with Crippen LogP contribution in [0.15, 0.2) is 12.7 Å². The molecule has 0 heterocycles. The van der Waals surface area contributed by atoms with Crippen molar-refractivity contribution in [1.82, 2.24) is 4.90 Å². The van der Waals surface area contributed by atoms with Crippen molar-refractivity contribution in [1.29, 1.82) is 0 Å². The highest BCUT2D eigenvalue weighted by Crippen LogP contribution is 2.19. The van der Waals surface area contributed by atoms with E-state index in [0.29, 0.717) is 12.3 Å². The molecule has 0 fully saturated rings. The molecule has 2 nitrogen and oxygen atoms in total. The second kappa shape index (κ2) is 6.72. The molecule has 94 valence electrons. The quantitative estimate of drug-likeness (QED) is 0.606. The molecule has 0 aromatic carbocycles. The van der Waals surface area contributed by atoms with Crippen molar-refractivity contribution in [3.05, 3.63) is 12.7 Å². The molecule has 0 atom stereocenters. The van der Waals surface area contributed by atoms with E-state index in [4.69, 9.17) is 0 Å². The molecule has 0 bridgehead atoms. The summed E-state index contributed by atoms with van der Waals surface area (Å²) in [4.78, 5) is 14.0. The average Bonchev–Trinajstić information content (AvgIpc) is 2.17. The van der Waals surface area contributed by atoms with E-state index in [-0.39, 0.29) is 11.4 Å². The highest BCUT2D eigenvalue weighted by Gasteiger charge is 2.26. The summed E-state index contributed by atoms with van der Waals surface area (Å²) in [5.74, 6) is 0.866. The van der Waals surface area contributed by atoms with Crippen molar-refractivity contribution in [3.8, 4) is 0 Å². The van der Waals surface area contributed by atoms with E-state index in [1.165, 1.54) is 0 Å². The molecule has 0 radical (unpaired) electrons. The normalized spacial score (nSPS) is 11.6. The van der Waals surface area contributed by atoms with Gasteiger partial charge in [-0.15, -0.1) is 6.58 Å². The number of hydrogen-bond acceptors (Lipinski definition) is 1. The van der Waals surface area contributed by atoms with Gasteiger partial charge in [0.2, 0.25) is 5.91 Å². The Hall–Kier alpha value is -0.790. The van der Waals surface area contributed by atoms with Crippen molar-refractivity contribution >= 4 is 5.91 Å². The lowest BCUT2D eigenvalue weighted by Gasteiger charge is -2.37. The maximum Gasteiger partial charge on any atom is 0.223 e. The van der Waals surface area contributed by atoms with Gasteiger partial charge >= 0.3 is 0 Å². The number of amides is 1. The molecule has 0 aliphatic rings. The van der Waals surface area contributed by atoms with Crippen LogP contribution in [0, 0.1) is 5.92 Å². The summed E-state index contributed by atoms with van der Waals surface area (Å²) in [6, 6.07) is 0. The van der Waals surface area contributed by atoms with Crippen molar-refractivity contribution in [2.75, 3.05) is 6.54 Å². The highest BCUT2D eigenvalue weighted by atomic mass is 16.2. The van der Waals surface area contributed by atoms with Crippen LogP contribution in [0.1, 0.15) is 53.9 Å². The maximum absolute atomic E-state index is 12.0. The molecule has 0 aromatic rings. The molecule has 0 unspecified atom stereocenters. The number of carbonyl (C=O) groups excluding carboxylic acids is 1. The van der Waals surface area contributed by atoms with E-state index < -0.39 is 0 Å². The first-order valence-corrected chi connectivity index (χ1v) is 6.29. The van der Waals surface area contributed by atoms with Gasteiger partial charge in [-0.2, -0.15) is 0 Å². The first-order valence-electron chi connectivity index (χ1n) is 6.29. The van der Waals surface area contributed by atoms with Gasteiger partial charge in [0.05, 0.1) is 5.54 Å². The number of nitrogens with zero attached hydrogens (tertiary/aromatic N) is 1. The fourth-order valence-corrected chi connectivity index (χ4v) is 1.58. The van der Waals surface area contributed by atoms with E-state index in [2.05, 4.69) is 20.4 Å². The van der Waals surface area contributed by atoms with Crippen molar-refractivity contribution < 1.29 is 4.79 Å². The molecular weight excluding hydrogens is 198 g/mol. The lowest BCUT2D eigenvalue weighted by molar-refractivity contribution is -0.135. The zero-order valence-corrected chi connectivity index (χ0v) is 11.5. The lowest BCUT2D eigenvalue weighted by atomic mass is 10.00. The Morgan fingerprint density at radius 2 is 2.00 bits per heavy atom. The third-order valence-electron chi connectivity index (χ3n) is 2.89. The van der Waals surface area contributed by atoms with E-state index in [1.807, 2.05) is 31.7 Å². The fourth-order valence-electron chi connectivity index (χ4n) is 1.58. The monoisotopic (exact) mass is 225 g/mol. The molecule has 16 heavy (non-hydrogen) atoms. The van der Waals surface area contributed by atoms with Gasteiger partial charge in [-0.1, -0.05) is 26.8 Å². The van der Waals surface area contributed by atoms with E-state index in [9.17, 15) is 4.79 Å². The van der Waals surface area contributed by atoms with Gasteiger partial charge in [0.1, 0.15) is 0 Å². The molecule has 2 heteroatoms. The molecule has 0 saturated heterocycles. The van der Waals surface area contributed by atoms with Crippen LogP contribution < -0.4 is 0 Å². The summed E-state index contributed by atoms with van der Waals surface area (Å²) in [6.45, 7) is 15.2. The van der Waals surface area contributed by atoms with Crippen LogP contribution in [0.4, 0.5) is 0 Å². The minimum atomic E-state index is -0.235. The summed E-state index contributed by atoms with van der Waals surface area (Å²) in [5.41, 5.74) is -0.235. The van der Waals surface area contributed by atoms with Crippen LogP contribution in [0.3, 0.4) is 0 Å². The molecule has 0 N–H and O–H groups in total. The topological polar surface area (TPSA) is 20.3 Å². The summed E-state index contributed by atoms with van der Waals surface area (Å²) < 4.78 is 0. The Balaban J connectivity index is 4.62. The summed E-state index contributed by atoms with van der Waals surface area (Å²) in [5, 5.41) is 0. The number of carbonyl (C=O) groups is 1. The molecule has 0 spiro atoms. The first-order chi connectivity index (χ1) is 7.35. The maximum atomic E-state index is 12.0. The van der Waals surface area contributed by atoms with E-state index in [1.54, 1.807) is 0 Å². The highest BCUT2D eigenvalue weighted by molar-refractivity contribution is 5.77. The van der Waals surface area contributed by atoms with Crippen LogP contribution >= 0.6 is 0 Å². The van der Waals surface area contributed by atoms with Gasteiger partial charge in [0, 0.05) is 13.0 Å². The minimum absolute atomic E-state index is 0.235. The summed E-state index contributed by atoms with van der Waals surface area (Å²) >= 11 is 0. The molecule has 0 rings (SSSR count). The largest absolute Gasteiger partial charge is 0.334 e. The van der Waals surface area contributed by atoms with Gasteiger partial charge in [-0.25, -0.2) is 0 Å². The molecule has 1 amide bonds. The van der Waals surface area contributed by atoms with E-state index in [0.717, 1.165) is 19.4 Å². The molecule has 0 aliphatic heterocycles. The smallest absolute Gasteiger partial charge is 0.223 e. The first kappa shape index (κ1) is 15.2. The zero-order chi connectivity index (χ0) is 12.8. The summed E-state index contributed by atoms with van der Waals surface area (Å²) in [7, 11) is 0. The van der Waals surface area contributed by atoms with E-state index >= 15 is 0 Å². The van der Waals surface area contributed by atoms with Crippen molar-refractivity contribution in [3.63, 3.8) is 0 Å². The Morgan fingerprint density at radius 1 is 1.44 bits per heavy atom.